The molecule has 5 nitrogen and oxygen atoms in total. The van der Waals surface area contributed by atoms with Crippen molar-refractivity contribution in [2.24, 2.45) is 4.51 Å². The number of nitrogens with one attached hydrogen (secondary N) is 4. The number of unbranched alkanes of at least 4 members (excludes halogenated alkanes) is 4. The highest BCUT2D eigenvalue weighted by Gasteiger charge is 1.99. The molecule has 0 amide bonds. The molecule has 0 aromatic rings. The molecule has 0 unspecified atom stereocenters. The lowest BCUT2D eigenvalue weighted by atomic mass is 10.1. The smallest absolute Gasteiger partial charge is 0.215 e. The second-order valence-electron chi connectivity index (χ2n) is 3.52. The van der Waals surface area contributed by atoms with Gasteiger partial charge >= 0.3 is 0 Å². The van der Waals surface area contributed by atoms with Gasteiger partial charge in [-0.15, -0.1) is 4.51 Å². The van der Waals surface area contributed by atoms with Crippen LogP contribution in [0.25, 0.3) is 0 Å². The van der Waals surface area contributed by atoms with Gasteiger partial charge in [-0.25, -0.2) is 0 Å². The number of nitrogens with zero attached hydrogens (tertiary/aromatic N) is 1. The maximum atomic E-state index is 7.34. The third-order valence-electron chi connectivity index (χ3n) is 2.15. The highest BCUT2D eigenvalue weighted by molar-refractivity contribution is 6.20. The molecular weight excluding hydrogens is 226 g/mol. The standard InChI is InChI=1S/C10H22ClN5/c1-3-4-5-6-7-8-14-10(16-11)15-9(12)13-2/h3-8H2,1-2H3,(H4,12,13,14,15,16). The Labute approximate surface area is 103 Å². The second kappa shape index (κ2) is 10.5. The zero-order chi connectivity index (χ0) is 12.2. The van der Waals surface area contributed by atoms with Crippen molar-refractivity contribution in [2.45, 2.75) is 39.0 Å². The molecule has 0 saturated carbocycles. The van der Waals surface area contributed by atoms with E-state index in [1.807, 2.05) is 0 Å². The lowest BCUT2D eigenvalue weighted by Crippen LogP contribution is -2.45. The minimum Gasteiger partial charge on any atom is -0.359 e. The normalized spacial score (nSPS) is 11.1. The molecule has 0 heterocycles. The minimum absolute atomic E-state index is 0.165. The summed E-state index contributed by atoms with van der Waals surface area (Å²) < 4.78 is 3.50. The molecule has 0 spiro atoms. The van der Waals surface area contributed by atoms with Crippen LogP contribution >= 0.6 is 11.8 Å². The Morgan fingerprint density at radius 3 is 2.50 bits per heavy atom. The van der Waals surface area contributed by atoms with Gasteiger partial charge in [0.1, 0.15) is 0 Å². The summed E-state index contributed by atoms with van der Waals surface area (Å²) in [5.74, 6) is 0.578. The first-order valence-electron chi connectivity index (χ1n) is 5.70. The molecule has 94 valence electrons. The van der Waals surface area contributed by atoms with Crippen LogP contribution < -0.4 is 16.0 Å². The number of rotatable bonds is 6. The van der Waals surface area contributed by atoms with E-state index in [4.69, 9.17) is 17.2 Å². The van der Waals surface area contributed by atoms with Crippen molar-refractivity contribution in [1.29, 1.82) is 5.41 Å². The predicted molar refractivity (Wildman–Crippen MR) is 70.0 cm³/mol. The summed E-state index contributed by atoms with van der Waals surface area (Å²) in [5.41, 5.74) is 0. The van der Waals surface area contributed by atoms with E-state index in [1.54, 1.807) is 7.05 Å². The molecule has 0 bridgehead atoms. The fraction of sp³-hybridized carbons (Fsp3) is 0.800. The van der Waals surface area contributed by atoms with Gasteiger partial charge in [0, 0.05) is 25.4 Å². The molecule has 0 rings (SSSR count). The fourth-order valence-corrected chi connectivity index (χ4v) is 1.31. The van der Waals surface area contributed by atoms with Gasteiger partial charge in [-0.2, -0.15) is 0 Å². The van der Waals surface area contributed by atoms with Gasteiger partial charge in [-0.1, -0.05) is 32.6 Å². The molecule has 0 radical (unpaired) electrons. The second-order valence-corrected chi connectivity index (χ2v) is 3.69. The lowest BCUT2D eigenvalue weighted by Gasteiger charge is -2.10. The van der Waals surface area contributed by atoms with Crippen LogP contribution in [0.15, 0.2) is 4.51 Å². The third kappa shape index (κ3) is 8.35. The molecule has 0 saturated heterocycles. The van der Waals surface area contributed by atoms with Crippen LogP contribution in [-0.2, 0) is 0 Å². The van der Waals surface area contributed by atoms with Gasteiger partial charge < -0.3 is 10.6 Å². The Kier molecular flexibility index (Phi) is 9.91. The molecular formula is C10H22ClN5. The first-order chi connectivity index (χ1) is 7.74. The van der Waals surface area contributed by atoms with E-state index >= 15 is 0 Å². The Bertz CT molecular complexity index is 217. The van der Waals surface area contributed by atoms with E-state index in [9.17, 15) is 0 Å². The van der Waals surface area contributed by atoms with Crippen LogP contribution in [0.5, 0.6) is 0 Å². The summed E-state index contributed by atoms with van der Waals surface area (Å²) >= 11 is 5.37. The van der Waals surface area contributed by atoms with E-state index in [2.05, 4.69) is 27.4 Å². The van der Waals surface area contributed by atoms with Crippen molar-refractivity contribution in [3.8, 4) is 0 Å². The van der Waals surface area contributed by atoms with Gasteiger partial charge in [0.05, 0.1) is 0 Å². The molecule has 0 aromatic carbocycles. The van der Waals surface area contributed by atoms with E-state index in [0.29, 0.717) is 5.96 Å². The highest BCUT2D eigenvalue weighted by Crippen LogP contribution is 2.00. The van der Waals surface area contributed by atoms with E-state index in [1.165, 1.54) is 25.7 Å². The number of halogens is 1. The van der Waals surface area contributed by atoms with E-state index in [0.717, 1.165) is 13.0 Å². The number of hydrogen-bond donors (Lipinski definition) is 4. The zero-order valence-electron chi connectivity index (χ0n) is 10.1. The summed E-state index contributed by atoms with van der Waals surface area (Å²) in [6.45, 7) is 3.02. The molecule has 0 atom stereocenters. The topological polar surface area (TPSA) is 72.3 Å². The summed E-state index contributed by atoms with van der Waals surface area (Å²) in [4.78, 5) is 0. The summed E-state index contributed by atoms with van der Waals surface area (Å²) in [6, 6.07) is 0. The van der Waals surface area contributed by atoms with Gasteiger partial charge in [0.2, 0.25) is 5.96 Å². The Hall–Kier alpha value is -0.970. The monoisotopic (exact) mass is 247 g/mol. The Balaban J connectivity index is 3.53. The van der Waals surface area contributed by atoms with Gasteiger partial charge in [-0.05, 0) is 6.42 Å². The Morgan fingerprint density at radius 2 is 1.94 bits per heavy atom. The summed E-state index contributed by atoms with van der Waals surface area (Å²) in [6.07, 6.45) is 6.11. The van der Waals surface area contributed by atoms with E-state index in [-0.39, 0.29) is 5.96 Å². The van der Waals surface area contributed by atoms with Crippen molar-refractivity contribution < 1.29 is 0 Å². The Morgan fingerprint density at radius 1 is 1.25 bits per heavy atom. The summed E-state index contributed by atoms with van der Waals surface area (Å²) in [5, 5.41) is 15.7. The lowest BCUT2D eigenvalue weighted by molar-refractivity contribution is 0.622. The highest BCUT2D eigenvalue weighted by atomic mass is 35.5. The van der Waals surface area contributed by atoms with E-state index < -0.39 is 0 Å². The van der Waals surface area contributed by atoms with Crippen molar-refractivity contribution in [1.82, 2.24) is 16.0 Å². The van der Waals surface area contributed by atoms with Crippen LogP contribution in [-0.4, -0.2) is 25.5 Å². The average Bonchev–Trinajstić information content (AvgIpc) is 2.31. The molecule has 0 fully saturated rings. The molecule has 0 aliphatic heterocycles. The van der Waals surface area contributed by atoms with Crippen molar-refractivity contribution in [2.75, 3.05) is 13.6 Å². The minimum atomic E-state index is 0.165. The van der Waals surface area contributed by atoms with Gasteiger partial charge in [-0.3, -0.25) is 10.7 Å². The van der Waals surface area contributed by atoms with Gasteiger partial charge in [0.25, 0.3) is 0 Å². The molecule has 6 heteroatoms. The predicted octanol–water partition coefficient (Wildman–Crippen LogP) is 1.80. The van der Waals surface area contributed by atoms with Crippen LogP contribution in [0, 0.1) is 5.41 Å². The molecule has 0 aliphatic rings. The quantitative estimate of drug-likeness (QED) is 0.329. The van der Waals surface area contributed by atoms with Crippen LogP contribution in [0.3, 0.4) is 0 Å². The molecule has 0 aromatic heterocycles. The largest absolute Gasteiger partial charge is 0.359 e. The number of hydrogen-bond acceptors (Lipinski definition) is 2. The molecule has 4 N–H and O–H groups in total. The third-order valence-corrected chi connectivity index (χ3v) is 2.32. The van der Waals surface area contributed by atoms with Crippen molar-refractivity contribution >= 4 is 23.7 Å². The fourth-order valence-electron chi connectivity index (χ4n) is 1.21. The maximum absolute atomic E-state index is 7.34. The first kappa shape index (κ1) is 15.0. The van der Waals surface area contributed by atoms with Gasteiger partial charge in [0.15, 0.2) is 5.96 Å². The summed E-state index contributed by atoms with van der Waals surface area (Å²) in [7, 11) is 1.66. The first-order valence-corrected chi connectivity index (χ1v) is 6.04. The van der Waals surface area contributed by atoms with Crippen LogP contribution in [0.4, 0.5) is 0 Å². The van der Waals surface area contributed by atoms with Crippen LogP contribution in [0.1, 0.15) is 39.0 Å². The van der Waals surface area contributed by atoms with Crippen LogP contribution in [0.2, 0.25) is 0 Å². The maximum Gasteiger partial charge on any atom is 0.215 e. The SMILES string of the molecule is CCCCCCCN/C(=N\Cl)NC(=N)NC. The average molecular weight is 248 g/mol. The molecule has 0 aliphatic carbocycles. The van der Waals surface area contributed by atoms with Crippen molar-refractivity contribution in [3.63, 3.8) is 0 Å². The zero-order valence-corrected chi connectivity index (χ0v) is 10.8. The van der Waals surface area contributed by atoms with Crippen molar-refractivity contribution in [3.05, 3.63) is 0 Å². The molecule has 16 heavy (non-hydrogen) atoms. The number of guanidine groups is 2.